The fraction of sp³-hybridized carbons (Fsp3) is 0.239. The van der Waals surface area contributed by atoms with Gasteiger partial charge in [0.1, 0.15) is 5.69 Å². The van der Waals surface area contributed by atoms with Crippen molar-refractivity contribution in [1.29, 1.82) is 0 Å². The molecule has 0 aliphatic carbocycles. The number of hydrogen-bond donors (Lipinski definition) is 0. The zero-order valence-corrected chi connectivity index (χ0v) is 37.2. The van der Waals surface area contributed by atoms with Gasteiger partial charge in [0.05, 0.1) is 22.4 Å². The van der Waals surface area contributed by atoms with Crippen LogP contribution < -0.4 is 4.40 Å². The van der Waals surface area contributed by atoms with E-state index in [1.54, 1.807) is 16.5 Å². The summed E-state index contributed by atoms with van der Waals surface area (Å²) >= 11 is -1.86. The topological polar surface area (TPSA) is 56.7 Å². The van der Waals surface area contributed by atoms with E-state index >= 15 is 0 Å². The van der Waals surface area contributed by atoms with Crippen LogP contribution in [0.3, 0.4) is 0 Å². The summed E-state index contributed by atoms with van der Waals surface area (Å²) in [6.07, 6.45) is -1.29. The number of benzene rings is 4. The Bertz CT molecular complexity index is 2650. The number of hydrogen-bond acceptors (Lipinski definition) is 4. The molecule has 4 aromatic heterocycles. The van der Waals surface area contributed by atoms with E-state index in [1.807, 2.05) is 42.5 Å². The average molecular weight is 990 g/mol. The molecule has 8 rings (SSSR count). The number of nitrogens with zero attached hydrogens (tertiary/aromatic N) is 4. The van der Waals surface area contributed by atoms with Gasteiger partial charge in [-0.25, -0.2) is 4.98 Å². The Kier molecular flexibility index (Phi) is 11.8. The van der Waals surface area contributed by atoms with Crippen LogP contribution >= 0.6 is 0 Å². The molecule has 0 saturated heterocycles. The van der Waals surface area contributed by atoms with Gasteiger partial charge < -0.3 is 8.98 Å². The molecular weight excluding hydrogens is 946 g/mol. The minimum atomic E-state index is -4.56. The SMILES string of the molecule is CC(C)Cc1cc(-c2[c-]cccc2)nc[c]1[Ge]([CH3])([CH3])[CH3].Cc1cc(C)c(-n2c(-c3[c-]ccc4c3oc3nc(C(F)(F)F)ccc34)nc3ccccc32)c(C)c1.[Ir]. The minimum Gasteiger partial charge on any atom is -0.486 e. The van der Waals surface area contributed by atoms with Gasteiger partial charge in [0.2, 0.25) is 5.71 Å². The van der Waals surface area contributed by atoms with Gasteiger partial charge in [0, 0.05) is 31.2 Å². The second kappa shape index (κ2) is 16.1. The summed E-state index contributed by atoms with van der Waals surface area (Å²) in [4.78, 5) is 13.4. The molecule has 0 fully saturated rings. The molecule has 10 heteroatoms. The van der Waals surface area contributed by atoms with Gasteiger partial charge in [0.25, 0.3) is 0 Å². The Hall–Kier alpha value is -4.57. The first-order valence-corrected chi connectivity index (χ1v) is 25.8. The molecule has 0 saturated carbocycles. The molecule has 4 heterocycles. The largest absolute Gasteiger partial charge is 0.486 e. The molecule has 0 aliphatic rings. The van der Waals surface area contributed by atoms with E-state index in [9.17, 15) is 13.2 Å². The zero-order chi connectivity index (χ0) is 39.2. The molecule has 289 valence electrons. The number of imidazole rings is 1. The molecule has 5 nitrogen and oxygen atoms in total. The molecule has 0 amide bonds. The van der Waals surface area contributed by atoms with Crippen molar-refractivity contribution < 1.29 is 37.7 Å². The van der Waals surface area contributed by atoms with Crippen LogP contribution in [0.4, 0.5) is 13.2 Å². The van der Waals surface area contributed by atoms with Crippen molar-refractivity contribution >= 4 is 50.8 Å². The van der Waals surface area contributed by atoms with Crippen molar-refractivity contribution in [2.45, 2.75) is 64.5 Å². The van der Waals surface area contributed by atoms with Crippen LogP contribution in [0.5, 0.6) is 0 Å². The quantitative estimate of drug-likeness (QED) is 0.123. The van der Waals surface area contributed by atoms with E-state index in [0.29, 0.717) is 33.7 Å². The van der Waals surface area contributed by atoms with Crippen LogP contribution in [0.2, 0.25) is 17.3 Å². The Morgan fingerprint density at radius 2 is 1.54 bits per heavy atom. The van der Waals surface area contributed by atoms with E-state index < -0.39 is 25.1 Å². The van der Waals surface area contributed by atoms with E-state index in [2.05, 4.69) is 104 Å². The van der Waals surface area contributed by atoms with Crippen molar-refractivity contribution in [2.24, 2.45) is 5.92 Å². The Morgan fingerprint density at radius 1 is 0.821 bits per heavy atom. The van der Waals surface area contributed by atoms with Crippen molar-refractivity contribution in [3.05, 3.63) is 137 Å². The first-order valence-electron chi connectivity index (χ1n) is 18.4. The van der Waals surface area contributed by atoms with E-state index in [1.165, 1.54) is 11.6 Å². The summed E-state index contributed by atoms with van der Waals surface area (Å²) in [5, 5.41) is 1.17. The molecule has 0 unspecified atom stereocenters. The summed E-state index contributed by atoms with van der Waals surface area (Å²) < 4.78 is 49.3. The Morgan fingerprint density at radius 3 is 2.20 bits per heavy atom. The van der Waals surface area contributed by atoms with Crippen LogP contribution in [-0.2, 0) is 32.7 Å². The number of fused-ring (bicyclic) bond motifs is 4. The molecule has 0 atom stereocenters. The van der Waals surface area contributed by atoms with Crippen LogP contribution in [0.1, 0.15) is 41.8 Å². The summed E-state index contributed by atoms with van der Waals surface area (Å²) in [7, 11) is 0. The number of furan rings is 1. The van der Waals surface area contributed by atoms with E-state index in [0.717, 1.165) is 57.2 Å². The Labute approximate surface area is 342 Å². The van der Waals surface area contributed by atoms with Crippen LogP contribution in [0.15, 0.2) is 102 Å². The van der Waals surface area contributed by atoms with Gasteiger partial charge in [-0.1, -0.05) is 40.8 Å². The predicted molar refractivity (Wildman–Crippen MR) is 220 cm³/mol. The molecule has 0 aliphatic heterocycles. The van der Waals surface area contributed by atoms with Crippen molar-refractivity contribution in [3.63, 3.8) is 0 Å². The number of pyridine rings is 2. The number of para-hydroxylation sites is 2. The zero-order valence-electron chi connectivity index (χ0n) is 32.7. The maximum atomic E-state index is 13.3. The second-order valence-electron chi connectivity index (χ2n) is 15.6. The number of alkyl halides is 3. The smallest absolute Gasteiger partial charge is 0.433 e. The molecular formula is C46H43F3GeIrN4O-2. The molecule has 0 N–H and O–H groups in total. The molecule has 0 spiro atoms. The maximum absolute atomic E-state index is 13.3. The first kappa shape index (κ1) is 41.1. The average Bonchev–Trinajstić information content (AvgIpc) is 3.69. The van der Waals surface area contributed by atoms with Gasteiger partial charge in [-0.3, -0.25) is 4.98 Å². The van der Waals surface area contributed by atoms with Crippen LogP contribution in [0, 0.1) is 38.8 Å². The summed E-state index contributed by atoms with van der Waals surface area (Å²) in [6.45, 7) is 10.7. The van der Waals surface area contributed by atoms with Crippen LogP contribution in [-0.4, -0.2) is 32.8 Å². The minimum absolute atomic E-state index is 0. The van der Waals surface area contributed by atoms with Crippen molar-refractivity contribution in [2.75, 3.05) is 0 Å². The van der Waals surface area contributed by atoms with Gasteiger partial charge >= 0.3 is 132 Å². The van der Waals surface area contributed by atoms with Gasteiger partial charge in [0.15, 0.2) is 0 Å². The number of aromatic nitrogens is 4. The van der Waals surface area contributed by atoms with Gasteiger partial charge in [-0.05, 0) is 56.2 Å². The molecule has 8 aromatic rings. The van der Waals surface area contributed by atoms with Gasteiger partial charge in [-0.15, -0.1) is 18.2 Å². The third-order valence-corrected chi connectivity index (χ3v) is 14.0. The maximum Gasteiger partial charge on any atom is 0.433 e. The first-order chi connectivity index (χ1) is 26.1. The molecule has 4 aromatic carbocycles. The normalized spacial score (nSPS) is 11.9. The number of aryl methyl sites for hydroxylation is 3. The third-order valence-electron chi connectivity index (χ3n) is 9.64. The van der Waals surface area contributed by atoms with Crippen molar-refractivity contribution in [1.82, 2.24) is 19.5 Å². The fourth-order valence-corrected chi connectivity index (χ4v) is 10.7. The summed E-state index contributed by atoms with van der Waals surface area (Å²) in [5.74, 6) is 8.59. The fourth-order valence-electron chi connectivity index (χ4n) is 7.37. The summed E-state index contributed by atoms with van der Waals surface area (Å²) in [6, 6.07) is 34.8. The second-order valence-corrected chi connectivity index (χ2v) is 26.2. The van der Waals surface area contributed by atoms with Crippen LogP contribution in [0.25, 0.3) is 61.4 Å². The molecule has 56 heavy (non-hydrogen) atoms. The monoisotopic (exact) mass is 991 g/mol. The van der Waals surface area contributed by atoms with Crippen molar-refractivity contribution in [3.8, 4) is 28.3 Å². The number of halogens is 3. The standard InChI is InChI=1S/C28H19F3N3O.C18H24GeN.Ir/c1-15-13-16(2)24(17(3)14-15)34-22-10-5-4-9-21(22)32-26(34)20-8-6-7-18-19-11-12-23(28(29,30)31)33-27(19)35-25(18)20;1-14(2)11-16-12-18(15-9-7-6-8-10-15)20-13-17(16)19(3,4)5;/h4-7,9-14H,1-3H3;6-9,12-14H,11H2,1-5H3;/q2*-1;. The third kappa shape index (κ3) is 8.27. The molecule has 1 radical (unpaired) electrons. The van der Waals surface area contributed by atoms with E-state index in [-0.39, 0.29) is 25.8 Å². The van der Waals surface area contributed by atoms with Gasteiger partial charge in [-0.2, -0.15) is 13.2 Å². The number of rotatable bonds is 6. The molecule has 0 bridgehead atoms. The summed E-state index contributed by atoms with van der Waals surface area (Å²) in [5.41, 5.74) is 9.56. The Balaban J connectivity index is 0.000000217. The van der Waals surface area contributed by atoms with E-state index in [4.69, 9.17) is 14.4 Å². The predicted octanol–water partition coefficient (Wildman–Crippen LogP) is 12.0.